The van der Waals surface area contributed by atoms with E-state index in [1.807, 2.05) is 12.4 Å². The molecule has 1 aromatic rings. The molecule has 0 fully saturated rings. The maximum atomic E-state index is 5.70. The molecule has 0 aromatic carbocycles. The molecular weight excluding hydrogens is 212 g/mol. The number of pyridine rings is 1. The van der Waals surface area contributed by atoms with Gasteiger partial charge < -0.3 is 4.74 Å². The van der Waals surface area contributed by atoms with Crippen LogP contribution in [0.4, 0.5) is 0 Å². The van der Waals surface area contributed by atoms with Gasteiger partial charge in [0.15, 0.2) is 0 Å². The monoisotopic (exact) mass is 232 g/mol. The molecule has 92 valence electrons. The van der Waals surface area contributed by atoms with Crippen LogP contribution in [0.1, 0.15) is 51.2 Å². The number of hydrogen-bond acceptors (Lipinski definition) is 3. The van der Waals surface area contributed by atoms with Crippen LogP contribution in [0.3, 0.4) is 0 Å². The van der Waals surface area contributed by atoms with E-state index in [2.05, 4.69) is 43.7 Å². The van der Waals surface area contributed by atoms with Crippen LogP contribution >= 0.6 is 0 Å². The Morgan fingerprint density at radius 3 is 2.82 bits per heavy atom. The van der Waals surface area contributed by atoms with Crippen molar-refractivity contribution in [1.29, 1.82) is 0 Å². The summed E-state index contributed by atoms with van der Waals surface area (Å²) in [6.45, 7) is 9.23. The molecule has 2 heterocycles. The normalized spacial score (nSPS) is 19.6. The standard InChI is InChI=1S/C14H20N2O/c1-5-10(2)11-6-7-15-8-12(11)13-16-14(3,4)9-17-13/h6-8,10H,5,9H2,1-4H3. The molecule has 0 aliphatic carbocycles. The molecule has 1 aliphatic rings. The van der Waals surface area contributed by atoms with Crippen LogP contribution in [0.5, 0.6) is 0 Å². The first kappa shape index (κ1) is 12.1. The zero-order chi connectivity index (χ0) is 12.5. The van der Waals surface area contributed by atoms with E-state index in [1.54, 1.807) is 0 Å². The lowest BCUT2D eigenvalue weighted by Crippen LogP contribution is -2.17. The SMILES string of the molecule is CCC(C)c1ccncc1C1=NC(C)(C)CO1. The lowest BCUT2D eigenvalue weighted by molar-refractivity contribution is 0.279. The van der Waals surface area contributed by atoms with Gasteiger partial charge in [0.25, 0.3) is 0 Å². The Hall–Kier alpha value is -1.38. The van der Waals surface area contributed by atoms with Crippen LogP contribution in [-0.2, 0) is 4.74 Å². The summed E-state index contributed by atoms with van der Waals surface area (Å²) < 4.78 is 5.70. The molecule has 1 unspecified atom stereocenters. The van der Waals surface area contributed by atoms with Gasteiger partial charge in [0.2, 0.25) is 5.90 Å². The largest absolute Gasteiger partial charge is 0.475 e. The van der Waals surface area contributed by atoms with E-state index in [9.17, 15) is 0 Å². The third-order valence-electron chi connectivity index (χ3n) is 3.19. The second kappa shape index (κ2) is 4.47. The summed E-state index contributed by atoms with van der Waals surface area (Å²) >= 11 is 0. The third-order valence-corrected chi connectivity index (χ3v) is 3.19. The van der Waals surface area contributed by atoms with Crippen molar-refractivity contribution >= 4 is 5.90 Å². The fourth-order valence-electron chi connectivity index (χ4n) is 1.96. The summed E-state index contributed by atoms with van der Waals surface area (Å²) in [5, 5.41) is 0. The lowest BCUT2D eigenvalue weighted by Gasteiger charge is -2.13. The average Bonchev–Trinajstić information content (AvgIpc) is 2.68. The molecule has 17 heavy (non-hydrogen) atoms. The maximum absolute atomic E-state index is 5.70. The molecule has 0 radical (unpaired) electrons. The van der Waals surface area contributed by atoms with Gasteiger partial charge >= 0.3 is 0 Å². The lowest BCUT2D eigenvalue weighted by atomic mass is 9.95. The molecule has 0 saturated carbocycles. The van der Waals surface area contributed by atoms with Crippen molar-refractivity contribution in [2.24, 2.45) is 4.99 Å². The van der Waals surface area contributed by atoms with Crippen LogP contribution < -0.4 is 0 Å². The van der Waals surface area contributed by atoms with Crippen molar-refractivity contribution < 1.29 is 4.74 Å². The molecule has 0 bridgehead atoms. The number of nitrogens with zero attached hydrogens (tertiary/aromatic N) is 2. The second-order valence-electron chi connectivity index (χ2n) is 5.29. The molecule has 0 amide bonds. The zero-order valence-electron chi connectivity index (χ0n) is 11.0. The van der Waals surface area contributed by atoms with Crippen LogP contribution in [0.2, 0.25) is 0 Å². The quantitative estimate of drug-likeness (QED) is 0.802. The Labute approximate surface area is 103 Å². The number of rotatable bonds is 3. The molecule has 3 heteroatoms. The molecule has 1 aromatic heterocycles. The van der Waals surface area contributed by atoms with E-state index in [0.717, 1.165) is 17.9 Å². The first-order valence-electron chi connectivity index (χ1n) is 6.20. The first-order chi connectivity index (χ1) is 8.03. The zero-order valence-corrected chi connectivity index (χ0v) is 11.0. The van der Waals surface area contributed by atoms with Crippen molar-refractivity contribution in [3.8, 4) is 0 Å². The van der Waals surface area contributed by atoms with Crippen LogP contribution in [0, 0.1) is 0 Å². The Morgan fingerprint density at radius 1 is 1.47 bits per heavy atom. The summed E-state index contributed by atoms with van der Waals surface area (Å²) in [4.78, 5) is 8.82. The molecule has 2 rings (SSSR count). The van der Waals surface area contributed by atoms with Gasteiger partial charge in [0.1, 0.15) is 6.61 Å². The average molecular weight is 232 g/mol. The molecule has 1 atom stereocenters. The van der Waals surface area contributed by atoms with Gasteiger partial charge in [-0.25, -0.2) is 4.99 Å². The van der Waals surface area contributed by atoms with Gasteiger partial charge in [-0.05, 0) is 37.8 Å². The highest BCUT2D eigenvalue weighted by Crippen LogP contribution is 2.27. The van der Waals surface area contributed by atoms with Gasteiger partial charge in [0, 0.05) is 12.4 Å². The summed E-state index contributed by atoms with van der Waals surface area (Å²) in [7, 11) is 0. The van der Waals surface area contributed by atoms with Gasteiger partial charge in [-0.1, -0.05) is 13.8 Å². The third kappa shape index (κ3) is 2.48. The van der Waals surface area contributed by atoms with E-state index in [0.29, 0.717) is 12.5 Å². The Balaban J connectivity index is 2.40. The van der Waals surface area contributed by atoms with E-state index in [4.69, 9.17) is 4.74 Å². The molecule has 1 aliphatic heterocycles. The van der Waals surface area contributed by atoms with E-state index in [1.165, 1.54) is 5.56 Å². The van der Waals surface area contributed by atoms with Crippen molar-refractivity contribution in [3.05, 3.63) is 29.6 Å². The highest BCUT2D eigenvalue weighted by Gasteiger charge is 2.28. The summed E-state index contributed by atoms with van der Waals surface area (Å²) in [6.07, 6.45) is 4.81. The Morgan fingerprint density at radius 2 is 2.24 bits per heavy atom. The molecule has 3 nitrogen and oxygen atoms in total. The number of aliphatic imine (C=N–C) groups is 1. The van der Waals surface area contributed by atoms with E-state index >= 15 is 0 Å². The smallest absolute Gasteiger partial charge is 0.218 e. The Kier molecular flexibility index (Phi) is 3.18. The maximum Gasteiger partial charge on any atom is 0.218 e. The van der Waals surface area contributed by atoms with E-state index < -0.39 is 0 Å². The summed E-state index contributed by atoms with van der Waals surface area (Å²) in [5.74, 6) is 1.25. The molecule has 0 N–H and O–H groups in total. The minimum atomic E-state index is -0.113. The fourth-order valence-corrected chi connectivity index (χ4v) is 1.96. The number of aromatic nitrogens is 1. The van der Waals surface area contributed by atoms with Gasteiger partial charge in [-0.3, -0.25) is 4.98 Å². The van der Waals surface area contributed by atoms with E-state index in [-0.39, 0.29) is 5.54 Å². The van der Waals surface area contributed by atoms with Crippen LogP contribution in [0.25, 0.3) is 0 Å². The van der Waals surface area contributed by atoms with Gasteiger partial charge in [-0.15, -0.1) is 0 Å². The number of ether oxygens (including phenoxy) is 1. The minimum absolute atomic E-state index is 0.113. The highest BCUT2D eigenvalue weighted by atomic mass is 16.5. The predicted molar refractivity (Wildman–Crippen MR) is 69.5 cm³/mol. The summed E-state index contributed by atoms with van der Waals surface area (Å²) in [5.41, 5.74) is 2.21. The van der Waals surface area contributed by atoms with Crippen molar-refractivity contribution in [2.75, 3.05) is 6.61 Å². The molecule has 0 saturated heterocycles. The van der Waals surface area contributed by atoms with Crippen LogP contribution in [0.15, 0.2) is 23.5 Å². The number of hydrogen-bond donors (Lipinski definition) is 0. The first-order valence-corrected chi connectivity index (χ1v) is 6.20. The second-order valence-corrected chi connectivity index (χ2v) is 5.29. The van der Waals surface area contributed by atoms with Crippen molar-refractivity contribution in [2.45, 2.75) is 45.6 Å². The Bertz CT molecular complexity index is 438. The molecular formula is C14H20N2O. The fraction of sp³-hybridized carbons (Fsp3) is 0.571. The topological polar surface area (TPSA) is 34.5 Å². The summed E-state index contributed by atoms with van der Waals surface area (Å²) in [6, 6.07) is 2.07. The molecule has 0 spiro atoms. The minimum Gasteiger partial charge on any atom is -0.475 e. The van der Waals surface area contributed by atoms with Gasteiger partial charge in [-0.2, -0.15) is 0 Å². The van der Waals surface area contributed by atoms with Crippen molar-refractivity contribution in [1.82, 2.24) is 4.98 Å². The van der Waals surface area contributed by atoms with Crippen molar-refractivity contribution in [3.63, 3.8) is 0 Å². The predicted octanol–water partition coefficient (Wildman–Crippen LogP) is 3.15. The van der Waals surface area contributed by atoms with Gasteiger partial charge in [0.05, 0.1) is 11.1 Å². The highest BCUT2D eigenvalue weighted by molar-refractivity contribution is 5.96. The van der Waals surface area contributed by atoms with Crippen LogP contribution in [-0.4, -0.2) is 23.0 Å².